The lowest BCUT2D eigenvalue weighted by Crippen LogP contribution is -2.48. The number of cyclic esters (lactones) is 2. The maximum absolute atomic E-state index is 13.4. The van der Waals surface area contributed by atoms with Crippen LogP contribution in [0.1, 0.15) is 57.3 Å². The van der Waals surface area contributed by atoms with Crippen LogP contribution in [0.4, 0.5) is 0 Å². The molecule has 0 aliphatic carbocycles. The molecule has 0 saturated carbocycles. The molecule has 0 aromatic heterocycles. The molecule has 4 rings (SSSR count). The largest absolute Gasteiger partial charge is 0.495 e. The summed E-state index contributed by atoms with van der Waals surface area (Å²) in [5.41, 5.74) is 1.73. The van der Waals surface area contributed by atoms with Crippen molar-refractivity contribution < 1.29 is 38.1 Å². The number of halogens is 1. The first-order chi connectivity index (χ1) is 21.5. The molecule has 0 bridgehead atoms. The lowest BCUT2D eigenvalue weighted by Gasteiger charge is -2.26. The van der Waals surface area contributed by atoms with Crippen LogP contribution in [0.2, 0.25) is 5.02 Å². The van der Waals surface area contributed by atoms with Crippen LogP contribution in [-0.4, -0.2) is 61.8 Å². The van der Waals surface area contributed by atoms with Gasteiger partial charge in [0.25, 0.3) is 0 Å². The summed E-state index contributed by atoms with van der Waals surface area (Å²) < 4.78 is 22.7. The summed E-state index contributed by atoms with van der Waals surface area (Å²) in [4.78, 5) is 52.3. The molecule has 242 valence electrons. The Bertz CT molecular complexity index is 1380. The highest BCUT2D eigenvalue weighted by Gasteiger charge is 2.47. The number of esters is 2. The minimum atomic E-state index is -1.11. The summed E-state index contributed by atoms with van der Waals surface area (Å²) in [5, 5.41) is 5.80. The lowest BCUT2D eigenvalue weighted by atomic mass is 9.93. The van der Waals surface area contributed by atoms with E-state index in [1.165, 1.54) is 13.2 Å². The molecule has 0 unspecified atom stereocenters. The van der Waals surface area contributed by atoms with Gasteiger partial charge in [0.05, 0.1) is 24.7 Å². The molecule has 2 amide bonds. The Morgan fingerprint density at radius 2 is 1.78 bits per heavy atom. The number of carbonyl (C=O) groups excluding carboxylic acids is 4. The molecule has 2 aliphatic rings. The maximum atomic E-state index is 13.4. The van der Waals surface area contributed by atoms with Gasteiger partial charge in [0.1, 0.15) is 24.0 Å². The summed E-state index contributed by atoms with van der Waals surface area (Å²) in [6.07, 6.45) is 1.28. The summed E-state index contributed by atoms with van der Waals surface area (Å²) >= 11 is 6.28. The Balaban J connectivity index is 1.55. The Morgan fingerprint density at radius 3 is 2.47 bits per heavy atom. The molecule has 2 aromatic rings. The van der Waals surface area contributed by atoms with E-state index in [9.17, 15) is 19.2 Å². The van der Waals surface area contributed by atoms with Crippen molar-refractivity contribution in [2.24, 2.45) is 11.8 Å². The van der Waals surface area contributed by atoms with Crippen LogP contribution >= 0.6 is 11.6 Å². The Morgan fingerprint density at radius 1 is 1.02 bits per heavy atom. The first-order valence-electron chi connectivity index (χ1n) is 15.2. The van der Waals surface area contributed by atoms with E-state index in [0.29, 0.717) is 16.3 Å². The number of methoxy groups -OCH3 is 1. The van der Waals surface area contributed by atoms with Crippen LogP contribution in [0.3, 0.4) is 0 Å². The van der Waals surface area contributed by atoms with Crippen LogP contribution in [-0.2, 0) is 39.8 Å². The van der Waals surface area contributed by atoms with Gasteiger partial charge in [0, 0.05) is 25.3 Å². The zero-order valence-electron chi connectivity index (χ0n) is 26.0. The van der Waals surface area contributed by atoms with Gasteiger partial charge < -0.3 is 29.6 Å². The van der Waals surface area contributed by atoms with E-state index in [-0.39, 0.29) is 56.3 Å². The Hall–Kier alpha value is -3.89. The molecular formula is C34H41ClN2O8. The maximum Gasteiger partial charge on any atom is 0.347 e. The fourth-order valence-electron chi connectivity index (χ4n) is 5.30. The first-order valence-corrected chi connectivity index (χ1v) is 15.6. The van der Waals surface area contributed by atoms with Crippen molar-refractivity contribution in [3.63, 3.8) is 0 Å². The predicted molar refractivity (Wildman–Crippen MR) is 167 cm³/mol. The third-order valence-corrected chi connectivity index (χ3v) is 8.10. The van der Waals surface area contributed by atoms with Crippen LogP contribution in [0.5, 0.6) is 5.75 Å². The highest BCUT2D eigenvalue weighted by Crippen LogP contribution is 2.45. The van der Waals surface area contributed by atoms with Crippen molar-refractivity contribution in [2.75, 3.05) is 13.7 Å². The first kappa shape index (κ1) is 34.0. The molecule has 0 spiro atoms. The third kappa shape index (κ3) is 9.80. The van der Waals surface area contributed by atoms with Crippen molar-refractivity contribution in [3.05, 3.63) is 76.8 Å². The molecule has 45 heavy (non-hydrogen) atoms. The molecule has 11 heteroatoms. The van der Waals surface area contributed by atoms with E-state index in [0.717, 1.165) is 5.56 Å². The zero-order chi connectivity index (χ0) is 32.5. The normalized spacial score (nSPS) is 26.2. The van der Waals surface area contributed by atoms with E-state index >= 15 is 0 Å². The minimum absolute atomic E-state index is 0.0431. The fraction of sp³-hybridized carbons (Fsp3) is 0.471. The molecule has 10 nitrogen and oxygen atoms in total. The summed E-state index contributed by atoms with van der Waals surface area (Å²) in [7, 11) is 1.50. The van der Waals surface area contributed by atoms with Crippen LogP contribution in [0.15, 0.2) is 60.7 Å². The zero-order valence-corrected chi connectivity index (χ0v) is 26.8. The summed E-state index contributed by atoms with van der Waals surface area (Å²) in [5.74, 6) is -1.99. The number of amides is 2. The van der Waals surface area contributed by atoms with E-state index in [1.807, 2.05) is 51.1 Å². The molecule has 2 aromatic carbocycles. The second-order valence-corrected chi connectivity index (χ2v) is 12.2. The topological polar surface area (TPSA) is 133 Å². The minimum Gasteiger partial charge on any atom is -0.495 e. The molecular weight excluding hydrogens is 600 g/mol. The van der Waals surface area contributed by atoms with E-state index in [4.69, 9.17) is 30.5 Å². The summed E-state index contributed by atoms with van der Waals surface area (Å²) in [6.45, 7) is 5.72. The molecule has 0 radical (unpaired) electrons. The van der Waals surface area contributed by atoms with E-state index in [2.05, 4.69) is 10.6 Å². The standard InChI is InChI=1S/C34H41ClN2O8/c1-20(2)17-28-34(41)44-26(21(3)31-32(45-31)23-9-6-5-7-10-23)11-8-12-29(38)37-25(33(40)36-16-15-30(39)43-28)19-22-13-14-27(42-4)24(35)18-22/h5-10,12-14,18,20-21,25-26,28,31-32H,11,15-17,19H2,1-4H3,(H,36,40)(H,37,38)/b12-8+/t21-,25+,26-,28+,31-,32+/m0/s1. The van der Waals surface area contributed by atoms with Crippen LogP contribution in [0.25, 0.3) is 0 Å². The Labute approximate surface area is 268 Å². The molecule has 2 aliphatic heterocycles. The number of rotatable bonds is 8. The molecule has 2 heterocycles. The average Bonchev–Trinajstić information content (AvgIpc) is 3.80. The molecule has 1 saturated heterocycles. The third-order valence-electron chi connectivity index (χ3n) is 7.80. The second-order valence-electron chi connectivity index (χ2n) is 11.8. The van der Waals surface area contributed by atoms with Crippen molar-refractivity contribution in [2.45, 2.75) is 76.9 Å². The fourth-order valence-corrected chi connectivity index (χ4v) is 5.58. The smallest absolute Gasteiger partial charge is 0.347 e. The number of benzene rings is 2. The van der Waals surface area contributed by atoms with E-state index in [1.54, 1.807) is 24.3 Å². The van der Waals surface area contributed by atoms with Gasteiger partial charge in [-0.05, 0) is 41.7 Å². The molecule has 6 atom stereocenters. The van der Waals surface area contributed by atoms with Gasteiger partial charge in [-0.25, -0.2) is 4.79 Å². The van der Waals surface area contributed by atoms with Crippen molar-refractivity contribution in [1.82, 2.24) is 10.6 Å². The lowest BCUT2D eigenvalue weighted by molar-refractivity contribution is -0.174. The van der Waals surface area contributed by atoms with Crippen LogP contribution in [0, 0.1) is 11.8 Å². The average molecular weight is 641 g/mol. The van der Waals surface area contributed by atoms with Gasteiger partial charge in [0.2, 0.25) is 11.8 Å². The number of hydrogen-bond donors (Lipinski definition) is 2. The second kappa shape index (κ2) is 15.9. The highest BCUT2D eigenvalue weighted by atomic mass is 35.5. The van der Waals surface area contributed by atoms with Gasteiger partial charge >= 0.3 is 11.9 Å². The number of hydrogen-bond acceptors (Lipinski definition) is 8. The highest BCUT2D eigenvalue weighted by molar-refractivity contribution is 6.32. The molecule has 1 fully saturated rings. The predicted octanol–water partition coefficient (Wildman–Crippen LogP) is 4.49. The van der Waals surface area contributed by atoms with Gasteiger partial charge in [-0.2, -0.15) is 0 Å². The van der Waals surface area contributed by atoms with Crippen molar-refractivity contribution >= 4 is 35.4 Å². The summed E-state index contributed by atoms with van der Waals surface area (Å²) in [6, 6.07) is 13.9. The van der Waals surface area contributed by atoms with Crippen molar-refractivity contribution in [3.8, 4) is 5.75 Å². The number of nitrogens with one attached hydrogen (secondary N) is 2. The van der Waals surface area contributed by atoms with Crippen LogP contribution < -0.4 is 15.4 Å². The number of carbonyl (C=O) groups is 4. The Kier molecular flexibility index (Phi) is 12.0. The van der Waals surface area contributed by atoms with Crippen molar-refractivity contribution in [1.29, 1.82) is 0 Å². The number of epoxide rings is 1. The number of ether oxygens (including phenoxy) is 4. The van der Waals surface area contributed by atoms with Gasteiger partial charge in [-0.1, -0.05) is 74.8 Å². The van der Waals surface area contributed by atoms with Gasteiger partial charge in [-0.3, -0.25) is 14.4 Å². The van der Waals surface area contributed by atoms with Gasteiger partial charge in [0.15, 0.2) is 6.10 Å². The van der Waals surface area contributed by atoms with Gasteiger partial charge in [-0.15, -0.1) is 0 Å². The monoisotopic (exact) mass is 640 g/mol. The SMILES string of the molecule is COc1ccc(C[C@H]2NC(=O)/C=C/C[C@@H]([C@H](C)[C@@H]3O[C@@H]3c3ccccc3)OC(=O)[C@@H](CC(C)C)OC(=O)CCNC2=O)cc1Cl. The molecule has 2 N–H and O–H groups in total. The van der Waals surface area contributed by atoms with E-state index < -0.39 is 42.0 Å². The quantitative estimate of drug-likeness (QED) is 0.319.